The van der Waals surface area contributed by atoms with Crippen molar-refractivity contribution in [3.63, 3.8) is 0 Å². The van der Waals surface area contributed by atoms with Crippen LogP contribution in [0.4, 0.5) is 34.3 Å². The van der Waals surface area contributed by atoms with Crippen LogP contribution < -0.4 is 117 Å². The summed E-state index contributed by atoms with van der Waals surface area (Å²) in [5.41, 5.74) is 12.4. The van der Waals surface area contributed by atoms with Crippen LogP contribution in [0.2, 0.25) is 0 Å². The monoisotopic (exact) mass is 1900 g/mol. The van der Waals surface area contributed by atoms with Crippen molar-refractivity contribution >= 4 is 89.1 Å². The summed E-state index contributed by atoms with van der Waals surface area (Å²) in [5, 5.41) is 21.6. The highest BCUT2D eigenvalue weighted by molar-refractivity contribution is 5.90. The zero-order valence-electron chi connectivity index (χ0n) is 81.3. The summed E-state index contributed by atoms with van der Waals surface area (Å²) in [7, 11) is 9.46. The Hall–Kier alpha value is -14.7. The number of aromatic nitrogens is 2. The van der Waals surface area contributed by atoms with Crippen LogP contribution in [0.5, 0.6) is 40.4 Å². The fraction of sp³-hybridized carbons (Fsp3) is 0.336. The molecule has 5 N–H and O–H groups in total. The lowest BCUT2D eigenvalue weighted by Crippen LogP contribution is -2.54. The third kappa shape index (κ3) is 22.8. The van der Waals surface area contributed by atoms with Gasteiger partial charge in [-0.2, -0.15) is 0 Å². The van der Waals surface area contributed by atoms with Crippen LogP contribution in [-0.4, -0.2) is 201 Å². The minimum atomic E-state index is -0.394. The zero-order valence-corrected chi connectivity index (χ0v) is 81.3. The Morgan fingerprint density at radius 1 is 0.307 bits per heavy atom. The number of benzene rings is 8. The van der Waals surface area contributed by atoms with Crippen molar-refractivity contribution in [3.8, 4) is 96.3 Å². The van der Waals surface area contributed by atoms with E-state index in [0.717, 1.165) is 196 Å². The van der Waals surface area contributed by atoms with Crippen molar-refractivity contribution in [2.45, 2.75) is 84.7 Å². The van der Waals surface area contributed by atoms with Gasteiger partial charge in [0.1, 0.15) is 33.7 Å². The van der Waals surface area contributed by atoms with Crippen molar-refractivity contribution < 1.29 is 55.2 Å². The molecule has 8 aromatic carbocycles. The quantitative estimate of drug-likeness (QED) is 0.0470. The summed E-state index contributed by atoms with van der Waals surface area (Å²) >= 11 is 0. The predicted octanol–water partition coefficient (Wildman–Crippen LogP) is 16.1. The topological polar surface area (TPSA) is 321 Å². The highest BCUT2D eigenvalue weighted by Crippen LogP contribution is 2.39. The molecule has 6 saturated heterocycles. The molecule has 0 saturated carbocycles. The molecule has 30 nitrogen and oxygen atoms in total. The van der Waals surface area contributed by atoms with E-state index < -0.39 is 5.63 Å². The van der Waals surface area contributed by atoms with Crippen molar-refractivity contribution in [3.05, 3.63) is 264 Å². The van der Waals surface area contributed by atoms with E-state index in [1.165, 1.54) is 12.8 Å². The summed E-state index contributed by atoms with van der Waals surface area (Å²) in [6.45, 7) is 29.8. The van der Waals surface area contributed by atoms with Gasteiger partial charge in [0.15, 0.2) is 34.5 Å². The molecule has 21 rings (SSSR count). The lowest BCUT2D eigenvalue weighted by molar-refractivity contribution is 0.233. The number of ether oxygens (including phenoxy) is 7. The minimum absolute atomic E-state index is 0.0178. The Morgan fingerprint density at radius 2 is 0.621 bits per heavy atom. The fourth-order valence-corrected chi connectivity index (χ4v) is 18.7. The zero-order chi connectivity index (χ0) is 97.6. The number of nitrogens with zero attached hydrogens (tertiary/aromatic N) is 8. The second kappa shape index (κ2) is 44.4. The molecule has 140 heavy (non-hydrogen) atoms. The average Bonchev–Trinajstić information content (AvgIpc) is 0.879. The van der Waals surface area contributed by atoms with E-state index in [2.05, 4.69) is 119 Å². The van der Waals surface area contributed by atoms with Gasteiger partial charge in [0.25, 0.3) is 0 Å². The van der Waals surface area contributed by atoms with Gasteiger partial charge in [-0.1, -0.05) is 30.3 Å². The minimum Gasteiger partial charge on any atom is -0.493 e. The first-order chi connectivity index (χ1) is 68.0. The van der Waals surface area contributed by atoms with E-state index in [4.69, 9.17) is 60.2 Å². The van der Waals surface area contributed by atoms with Gasteiger partial charge in [-0.05, 0) is 217 Å². The SMILES string of the molecule is CC(C)Oc1cccc(-c2cc3ccc(N4CCNCC4)cc3oc2=O)n1.COc1ccc(-c2cc3ccc(N4CCN[C@@H](C)C4)cc3oc2=O)cc1OC.COc1ccc(-c2cc3ccc(N4CCN[C@H](C)C4)cc3oc2=O)cc1OC.COc1ccc(-c2cc3ccc(N4C[C@@H](C)N[C@@H](C)C4)cc3oc2=O)cc1OC.O=c1oc2cc(N3CCNCC3)ccc2cc1-c1cccc(N2CCCC2)n1. The molecule has 7 aromatic heterocycles. The second-order valence-electron chi connectivity index (χ2n) is 36.1. The number of piperazine rings is 5. The Labute approximate surface area is 811 Å². The molecule has 4 atom stereocenters. The van der Waals surface area contributed by atoms with Gasteiger partial charge in [0.2, 0.25) is 5.88 Å². The Balaban J connectivity index is 0.000000121. The molecule has 15 aromatic rings. The fourth-order valence-electron chi connectivity index (χ4n) is 18.7. The van der Waals surface area contributed by atoms with Crippen LogP contribution in [0.25, 0.3) is 111 Å². The molecule has 0 unspecified atom stereocenters. The van der Waals surface area contributed by atoms with Crippen LogP contribution in [-0.2, 0) is 0 Å². The first-order valence-electron chi connectivity index (χ1n) is 47.9. The van der Waals surface area contributed by atoms with Crippen LogP contribution in [0.15, 0.2) is 258 Å². The summed E-state index contributed by atoms with van der Waals surface area (Å²) in [4.78, 5) is 86.3. The molecular formula is C110H121N13O17. The molecule has 0 bridgehead atoms. The summed E-state index contributed by atoms with van der Waals surface area (Å²) in [6.07, 6.45) is 2.41. The Kier molecular flexibility index (Phi) is 30.8. The maximum Gasteiger partial charge on any atom is 0.345 e. The molecule has 0 radical (unpaired) electrons. The largest absolute Gasteiger partial charge is 0.493 e. The number of hydrogen-bond acceptors (Lipinski definition) is 30. The molecule has 13 heterocycles. The summed E-state index contributed by atoms with van der Waals surface area (Å²) in [5.74, 6) is 5.00. The van der Waals surface area contributed by atoms with E-state index in [9.17, 15) is 24.0 Å². The number of pyridine rings is 2. The maximum absolute atomic E-state index is 12.7. The van der Waals surface area contributed by atoms with E-state index in [0.29, 0.717) is 132 Å². The number of hydrogen-bond donors (Lipinski definition) is 5. The molecule has 6 fully saturated rings. The van der Waals surface area contributed by atoms with Gasteiger partial charge >= 0.3 is 28.1 Å². The van der Waals surface area contributed by atoms with Crippen LogP contribution in [0.1, 0.15) is 54.4 Å². The van der Waals surface area contributed by atoms with E-state index in [1.807, 2.05) is 147 Å². The van der Waals surface area contributed by atoms with Crippen molar-refractivity contribution in [2.75, 3.05) is 190 Å². The molecule has 0 amide bonds. The van der Waals surface area contributed by atoms with Crippen molar-refractivity contribution in [2.24, 2.45) is 0 Å². The van der Waals surface area contributed by atoms with Crippen LogP contribution >= 0.6 is 0 Å². The number of anilines is 6. The number of methoxy groups -OCH3 is 6. The highest BCUT2D eigenvalue weighted by atomic mass is 16.5. The summed E-state index contributed by atoms with van der Waals surface area (Å²) < 4.78 is 65.8. The van der Waals surface area contributed by atoms with Crippen LogP contribution in [0.3, 0.4) is 0 Å². The first-order valence-corrected chi connectivity index (χ1v) is 47.9. The molecule has 6 aliphatic heterocycles. The first kappa shape index (κ1) is 97.0. The average molecular weight is 1900 g/mol. The van der Waals surface area contributed by atoms with Gasteiger partial charge in [-0.25, -0.2) is 33.9 Å². The number of nitrogens with one attached hydrogen (secondary N) is 5. The molecular weight excluding hydrogens is 1780 g/mol. The van der Waals surface area contributed by atoms with Gasteiger partial charge in [0.05, 0.1) is 88.0 Å². The van der Waals surface area contributed by atoms with Gasteiger partial charge in [0, 0.05) is 234 Å². The molecule has 728 valence electrons. The smallest absolute Gasteiger partial charge is 0.345 e. The van der Waals surface area contributed by atoms with Gasteiger partial charge in [-0.15, -0.1) is 0 Å². The maximum atomic E-state index is 12.7. The van der Waals surface area contributed by atoms with E-state index in [1.54, 1.807) is 91.2 Å². The normalized spacial score (nSPS) is 17.1. The highest BCUT2D eigenvalue weighted by Gasteiger charge is 2.27. The van der Waals surface area contributed by atoms with Gasteiger partial charge < -0.3 is 111 Å². The molecule has 30 heteroatoms. The van der Waals surface area contributed by atoms with Gasteiger partial charge in [-0.3, -0.25) is 0 Å². The lowest BCUT2D eigenvalue weighted by atomic mass is 10.0. The number of fused-ring (bicyclic) bond motifs is 5. The molecule has 6 aliphatic rings. The van der Waals surface area contributed by atoms with E-state index in [-0.39, 0.29) is 28.6 Å². The standard InChI is InChI=1S/C23H26N2O4.C22H24N4O2.2C22H24N2O4.C21H23N3O3/c1-14-12-25(13-15(2)24-14)18-7-5-17-9-19(23(26)29-21(17)11-18)16-6-8-20(27-3)22(10-16)28-4;27-22-18(19-4-3-5-21(24-19)26-10-1-2-11-26)14-16-6-7-17(15-20(16)28-22)25-12-8-23-9-13-25;2*1-14-13-24(9-8-23-14)17-6-4-16-10-18(22(25)28-20(16)12-17)15-5-7-19(26-2)21(11-15)27-3;1-14(2)26-20-5-3-4-18(23-20)17-12-15-6-7-16(13-19(15)27-21(17)25)24-10-8-22-9-11-24/h5-11,14-15,24H,12-13H2,1-4H3;3-7,14-15,23H,1-2,8-13H2;2*4-7,10-12,14,23H,8-9,13H2,1-3H3;3-7,12-14,22H,8-11H2,1-2H3/t14-,15+;;2*14-;/m..10./s1. The molecule has 0 aliphatic carbocycles. The van der Waals surface area contributed by atoms with Crippen LogP contribution in [0, 0.1) is 0 Å². The lowest BCUT2D eigenvalue weighted by Gasteiger charge is -2.37. The summed E-state index contributed by atoms with van der Waals surface area (Å²) in [6, 6.07) is 68.7. The molecule has 0 spiro atoms. The third-order valence-corrected chi connectivity index (χ3v) is 25.8. The van der Waals surface area contributed by atoms with Crippen molar-refractivity contribution in [1.29, 1.82) is 0 Å². The Morgan fingerprint density at radius 3 is 0.971 bits per heavy atom. The number of rotatable bonds is 19. The predicted molar refractivity (Wildman–Crippen MR) is 556 cm³/mol. The second-order valence-corrected chi connectivity index (χ2v) is 36.1. The van der Waals surface area contributed by atoms with E-state index >= 15 is 0 Å². The third-order valence-electron chi connectivity index (χ3n) is 25.8. The van der Waals surface area contributed by atoms with Crippen molar-refractivity contribution in [1.82, 2.24) is 36.6 Å². The Bertz CT molecular complexity index is 7070.